The van der Waals surface area contributed by atoms with Crippen molar-refractivity contribution in [1.82, 2.24) is 50.2 Å². The Morgan fingerprint density at radius 3 is 2.67 bits per heavy atom. The summed E-state index contributed by atoms with van der Waals surface area (Å²) in [4.78, 5) is 27.3. The second kappa shape index (κ2) is 13.1. The van der Waals surface area contributed by atoms with Gasteiger partial charge < -0.3 is 15.0 Å². The van der Waals surface area contributed by atoms with E-state index in [4.69, 9.17) is 4.74 Å². The quantitative estimate of drug-likeness (QED) is 0.165. The standard InChI is InChI=1S/C38H43FN12O/c1-22(2)34(25-12-28(13-25)46-27-8-10-41-31(15-27)35-45-23(3)47-48-35)51-18-38(19-51)9-11-50(17-38)36-37(49-44-21-43-36)52-32-7-6-26(39)14-29(32)30-16-40-20-42-33(30)24-4-5-24/h6-8,10,14-16,20-22,24-25,28,34H,4-5,9,11-13,17-19H2,1-3H3,(H,41,46)(H,45,47,48)/t25?,28?,34-/m1/s1. The van der Waals surface area contributed by atoms with E-state index in [0.717, 1.165) is 86.7 Å². The van der Waals surface area contributed by atoms with Gasteiger partial charge in [0.1, 0.15) is 35.7 Å². The number of likely N-dealkylation sites (tertiary alicyclic amines) is 1. The van der Waals surface area contributed by atoms with Crippen LogP contribution in [0.5, 0.6) is 11.6 Å². The lowest BCUT2D eigenvalue weighted by atomic mass is 9.68. The molecule has 1 spiro atoms. The van der Waals surface area contributed by atoms with Crippen molar-refractivity contribution in [2.24, 2.45) is 17.3 Å². The van der Waals surface area contributed by atoms with Gasteiger partial charge in [0, 0.05) is 78.8 Å². The van der Waals surface area contributed by atoms with Gasteiger partial charge in [0.2, 0.25) is 0 Å². The van der Waals surface area contributed by atoms with Gasteiger partial charge in [0.25, 0.3) is 5.88 Å². The maximum atomic E-state index is 14.6. The molecule has 6 heterocycles. The second-order valence-corrected chi connectivity index (χ2v) is 15.5. The number of halogens is 1. The molecular weight excluding hydrogens is 659 g/mol. The molecular formula is C38H43FN12O. The number of aryl methyl sites for hydroxylation is 1. The van der Waals surface area contributed by atoms with E-state index < -0.39 is 0 Å². The first-order valence-corrected chi connectivity index (χ1v) is 18.4. The summed E-state index contributed by atoms with van der Waals surface area (Å²) < 4.78 is 21.0. The average Bonchev–Trinajstić information content (AvgIpc) is 3.72. The summed E-state index contributed by atoms with van der Waals surface area (Å²) >= 11 is 0. The fraction of sp³-hybridized carbons (Fsp3) is 0.474. The van der Waals surface area contributed by atoms with Crippen molar-refractivity contribution >= 4 is 11.5 Å². The molecule has 1 atom stereocenters. The summed E-state index contributed by atoms with van der Waals surface area (Å²) in [6.45, 7) is 10.5. The van der Waals surface area contributed by atoms with Crippen LogP contribution in [0.3, 0.4) is 0 Å². The molecule has 13 nitrogen and oxygen atoms in total. The van der Waals surface area contributed by atoms with Gasteiger partial charge in [-0.2, -0.15) is 5.10 Å². The largest absolute Gasteiger partial charge is 0.434 e. The van der Waals surface area contributed by atoms with E-state index in [1.54, 1.807) is 18.6 Å². The molecule has 2 aliphatic heterocycles. The average molecular weight is 703 g/mol. The van der Waals surface area contributed by atoms with E-state index in [1.807, 2.05) is 25.3 Å². The zero-order chi connectivity index (χ0) is 35.4. The van der Waals surface area contributed by atoms with E-state index in [-0.39, 0.29) is 11.2 Å². The topological polar surface area (TPSA) is 147 Å². The first kappa shape index (κ1) is 32.8. The highest BCUT2D eigenvalue weighted by molar-refractivity contribution is 5.73. The number of hydrogen-bond donors (Lipinski definition) is 2. The van der Waals surface area contributed by atoms with Crippen molar-refractivity contribution < 1.29 is 9.13 Å². The van der Waals surface area contributed by atoms with Crippen LogP contribution in [0.1, 0.15) is 63.4 Å². The first-order valence-electron chi connectivity index (χ1n) is 18.4. The van der Waals surface area contributed by atoms with Gasteiger partial charge >= 0.3 is 0 Å². The van der Waals surface area contributed by atoms with Gasteiger partial charge in [0.05, 0.1) is 5.69 Å². The highest BCUT2D eigenvalue weighted by Crippen LogP contribution is 2.49. The third-order valence-corrected chi connectivity index (χ3v) is 11.3. The number of aromatic amines is 1. The number of aromatic nitrogens is 9. The fourth-order valence-electron chi connectivity index (χ4n) is 8.73. The Kier molecular flexibility index (Phi) is 8.28. The van der Waals surface area contributed by atoms with Crippen LogP contribution in [-0.2, 0) is 0 Å². The number of anilines is 2. The SMILES string of the molecule is Cc1nc(-c2cc(NC3CC([C@@H](C(C)C)N4CC5(CCN(c6ncnnc6Oc6ccc(F)cc6-c6cncnc6C6CC6)C5)C4)C3)ccn2)n[nH]1. The Labute approximate surface area is 301 Å². The van der Waals surface area contributed by atoms with Crippen LogP contribution in [0.4, 0.5) is 15.9 Å². The van der Waals surface area contributed by atoms with Gasteiger partial charge in [-0.1, -0.05) is 13.8 Å². The fourth-order valence-corrected chi connectivity index (χ4v) is 8.73. The van der Waals surface area contributed by atoms with Gasteiger partial charge in [-0.15, -0.1) is 10.2 Å². The van der Waals surface area contributed by atoms with Crippen LogP contribution in [0.25, 0.3) is 22.6 Å². The lowest BCUT2D eigenvalue weighted by molar-refractivity contribution is -0.0656. The number of nitrogens with one attached hydrogen (secondary N) is 2. The van der Waals surface area contributed by atoms with Crippen LogP contribution < -0.4 is 15.0 Å². The number of pyridine rings is 1. The number of ether oxygens (including phenoxy) is 1. The summed E-state index contributed by atoms with van der Waals surface area (Å²) in [6.07, 6.45) is 12.1. The van der Waals surface area contributed by atoms with Gasteiger partial charge in [0.15, 0.2) is 11.6 Å². The molecule has 52 heavy (non-hydrogen) atoms. The molecule has 1 aromatic carbocycles. The second-order valence-electron chi connectivity index (χ2n) is 15.5. The predicted molar refractivity (Wildman–Crippen MR) is 193 cm³/mol. The van der Waals surface area contributed by atoms with Crippen molar-refractivity contribution in [3.63, 3.8) is 0 Å². The molecule has 0 amide bonds. The molecule has 0 radical (unpaired) electrons. The first-order chi connectivity index (χ1) is 25.3. The predicted octanol–water partition coefficient (Wildman–Crippen LogP) is 6.05. The number of benzene rings is 1. The number of rotatable bonds is 11. The molecule has 4 aromatic heterocycles. The summed E-state index contributed by atoms with van der Waals surface area (Å²) in [6, 6.07) is 9.56. The molecule has 4 fully saturated rings. The molecule has 2 saturated heterocycles. The van der Waals surface area contributed by atoms with E-state index in [2.05, 4.69) is 74.3 Å². The zero-order valence-electron chi connectivity index (χ0n) is 29.7. The van der Waals surface area contributed by atoms with Crippen LogP contribution in [0.15, 0.2) is 55.4 Å². The van der Waals surface area contributed by atoms with Gasteiger partial charge in [-0.3, -0.25) is 15.0 Å². The molecule has 2 saturated carbocycles. The summed E-state index contributed by atoms with van der Waals surface area (Å²) in [7, 11) is 0. The smallest absolute Gasteiger partial charge is 0.282 e. The lowest BCUT2D eigenvalue weighted by Gasteiger charge is -2.57. The van der Waals surface area contributed by atoms with E-state index in [0.29, 0.717) is 58.7 Å². The number of hydrogen-bond acceptors (Lipinski definition) is 12. The summed E-state index contributed by atoms with van der Waals surface area (Å²) in [5.74, 6) is 4.08. The Balaban J connectivity index is 0.845. The maximum absolute atomic E-state index is 14.6. The van der Waals surface area contributed by atoms with E-state index in [1.165, 1.54) is 18.5 Å². The molecule has 5 aromatic rings. The van der Waals surface area contributed by atoms with Crippen molar-refractivity contribution in [3.8, 4) is 34.3 Å². The molecule has 268 valence electrons. The minimum Gasteiger partial charge on any atom is -0.434 e. The Bertz CT molecular complexity index is 2070. The Morgan fingerprint density at radius 2 is 1.88 bits per heavy atom. The van der Waals surface area contributed by atoms with Crippen molar-refractivity contribution in [1.29, 1.82) is 0 Å². The Hall–Kier alpha value is -5.11. The minimum absolute atomic E-state index is 0.199. The zero-order valence-corrected chi connectivity index (χ0v) is 29.7. The molecule has 14 heteroatoms. The number of H-pyrrole nitrogens is 1. The Morgan fingerprint density at radius 1 is 1.02 bits per heavy atom. The molecule has 0 bridgehead atoms. The summed E-state index contributed by atoms with van der Waals surface area (Å²) in [5, 5.41) is 19.3. The van der Waals surface area contributed by atoms with Gasteiger partial charge in [-0.05, 0) is 81.2 Å². The highest BCUT2D eigenvalue weighted by atomic mass is 19.1. The highest BCUT2D eigenvalue weighted by Gasteiger charge is 2.53. The molecule has 2 N–H and O–H groups in total. The van der Waals surface area contributed by atoms with Gasteiger partial charge in [-0.25, -0.2) is 24.3 Å². The molecule has 4 aliphatic rings. The van der Waals surface area contributed by atoms with E-state index in [9.17, 15) is 4.39 Å². The van der Waals surface area contributed by atoms with E-state index >= 15 is 0 Å². The van der Waals surface area contributed by atoms with Crippen molar-refractivity contribution in [2.45, 2.75) is 70.9 Å². The molecule has 0 unspecified atom stereocenters. The lowest BCUT2D eigenvalue weighted by Crippen LogP contribution is -2.65. The molecule has 2 aliphatic carbocycles. The third kappa shape index (κ3) is 6.33. The van der Waals surface area contributed by atoms with Crippen molar-refractivity contribution in [2.75, 3.05) is 36.4 Å². The molecule has 9 rings (SSSR count). The maximum Gasteiger partial charge on any atom is 0.282 e. The van der Waals surface area contributed by atoms with Crippen LogP contribution in [0.2, 0.25) is 0 Å². The minimum atomic E-state index is -0.351. The monoisotopic (exact) mass is 702 g/mol. The van der Waals surface area contributed by atoms with Crippen LogP contribution in [-0.4, -0.2) is 88.5 Å². The van der Waals surface area contributed by atoms with Crippen LogP contribution >= 0.6 is 0 Å². The van der Waals surface area contributed by atoms with Crippen LogP contribution in [0, 0.1) is 30.0 Å². The number of nitrogens with zero attached hydrogens (tertiary/aromatic N) is 10. The summed E-state index contributed by atoms with van der Waals surface area (Å²) in [5.41, 5.74) is 4.33. The third-order valence-electron chi connectivity index (χ3n) is 11.3. The normalized spacial score (nSPS) is 21.6. The van der Waals surface area contributed by atoms with Crippen molar-refractivity contribution in [3.05, 3.63) is 72.7 Å².